The Bertz CT molecular complexity index is 816. The lowest BCUT2D eigenvalue weighted by Crippen LogP contribution is -2.26. The number of benzene rings is 1. The van der Waals surface area contributed by atoms with Crippen molar-refractivity contribution in [3.8, 4) is 0 Å². The van der Waals surface area contributed by atoms with E-state index < -0.39 is 17.3 Å². The minimum absolute atomic E-state index is 0.0905. The standard InChI is InChI=1S/C16H16ClNO4S/c1-3-4-5-9-6-7-11-10(8-9)13(19)12(14(17)23-11)18-15(20)16(21)22-2/h6-8H,3-5H2,1-2H3,(H,18,20). The van der Waals surface area contributed by atoms with Crippen LogP contribution in [0.3, 0.4) is 0 Å². The molecule has 1 amide bonds. The first-order valence-corrected chi connectivity index (χ1v) is 8.32. The van der Waals surface area contributed by atoms with Crippen molar-refractivity contribution in [2.45, 2.75) is 26.2 Å². The smallest absolute Gasteiger partial charge is 0.396 e. The monoisotopic (exact) mass is 353 g/mol. The molecular weight excluding hydrogens is 338 g/mol. The summed E-state index contributed by atoms with van der Waals surface area (Å²) >= 11 is 7.25. The molecule has 1 heterocycles. The second-order valence-electron chi connectivity index (χ2n) is 4.96. The molecule has 0 bridgehead atoms. The van der Waals surface area contributed by atoms with Crippen LogP contribution in [0.15, 0.2) is 23.0 Å². The predicted molar refractivity (Wildman–Crippen MR) is 92.4 cm³/mol. The molecule has 122 valence electrons. The topological polar surface area (TPSA) is 72.5 Å². The predicted octanol–water partition coefficient (Wildman–Crippen LogP) is 3.37. The van der Waals surface area contributed by atoms with E-state index in [0.29, 0.717) is 5.39 Å². The number of nitrogens with one attached hydrogen (secondary N) is 1. The van der Waals surface area contributed by atoms with Crippen LogP contribution in [-0.4, -0.2) is 19.0 Å². The number of ether oxygens (including phenoxy) is 1. The van der Waals surface area contributed by atoms with E-state index in [9.17, 15) is 14.4 Å². The first kappa shape index (κ1) is 17.4. The van der Waals surface area contributed by atoms with Gasteiger partial charge in [0, 0.05) is 10.1 Å². The van der Waals surface area contributed by atoms with E-state index in [4.69, 9.17) is 11.6 Å². The van der Waals surface area contributed by atoms with Crippen LogP contribution in [0.5, 0.6) is 0 Å². The second-order valence-corrected chi connectivity index (χ2v) is 6.61. The summed E-state index contributed by atoms with van der Waals surface area (Å²) in [4.78, 5) is 35.4. The van der Waals surface area contributed by atoms with E-state index in [-0.39, 0.29) is 10.0 Å². The Morgan fingerprint density at radius 1 is 1.35 bits per heavy atom. The Balaban J connectivity index is 2.47. The minimum atomic E-state index is -1.08. The second kappa shape index (κ2) is 7.57. The zero-order valence-electron chi connectivity index (χ0n) is 12.8. The fraction of sp³-hybridized carbons (Fsp3) is 0.312. The number of aryl methyl sites for hydroxylation is 1. The van der Waals surface area contributed by atoms with Crippen LogP contribution in [0.25, 0.3) is 10.1 Å². The molecule has 1 aromatic heterocycles. The SMILES string of the molecule is CCCCc1ccc2sc(Cl)c(NC(=O)C(=O)OC)c(=O)c2c1. The van der Waals surface area contributed by atoms with Crippen LogP contribution in [-0.2, 0) is 20.7 Å². The zero-order valence-corrected chi connectivity index (χ0v) is 14.3. The van der Waals surface area contributed by atoms with E-state index >= 15 is 0 Å². The van der Waals surface area contributed by atoms with E-state index in [2.05, 4.69) is 17.0 Å². The summed E-state index contributed by atoms with van der Waals surface area (Å²) in [6, 6.07) is 5.63. The van der Waals surface area contributed by atoms with Crippen molar-refractivity contribution >= 4 is 50.6 Å². The van der Waals surface area contributed by atoms with Crippen molar-refractivity contribution in [1.29, 1.82) is 0 Å². The first-order valence-electron chi connectivity index (χ1n) is 7.12. The zero-order chi connectivity index (χ0) is 17.0. The average Bonchev–Trinajstić information content (AvgIpc) is 2.56. The van der Waals surface area contributed by atoms with E-state index in [1.165, 1.54) is 11.3 Å². The van der Waals surface area contributed by atoms with Crippen molar-refractivity contribution in [3.05, 3.63) is 38.3 Å². The summed E-state index contributed by atoms with van der Waals surface area (Å²) in [6.45, 7) is 2.10. The molecule has 0 aliphatic rings. The average molecular weight is 354 g/mol. The van der Waals surface area contributed by atoms with Gasteiger partial charge in [-0.05, 0) is 30.5 Å². The molecule has 2 aromatic rings. The summed E-state index contributed by atoms with van der Waals surface area (Å²) in [5, 5.41) is 2.72. The summed E-state index contributed by atoms with van der Waals surface area (Å²) < 4.78 is 5.18. The van der Waals surface area contributed by atoms with Crippen LogP contribution in [0.1, 0.15) is 25.3 Å². The van der Waals surface area contributed by atoms with Crippen molar-refractivity contribution in [2.24, 2.45) is 0 Å². The molecule has 0 unspecified atom stereocenters. The molecule has 0 atom stereocenters. The van der Waals surface area contributed by atoms with E-state index in [1.807, 2.05) is 18.2 Å². The molecule has 23 heavy (non-hydrogen) atoms. The lowest BCUT2D eigenvalue weighted by Gasteiger charge is -2.08. The molecule has 5 nitrogen and oxygen atoms in total. The fourth-order valence-corrected chi connectivity index (χ4v) is 3.33. The number of unbranched alkanes of at least 4 members (excludes halogenated alkanes) is 1. The van der Waals surface area contributed by atoms with Gasteiger partial charge in [-0.2, -0.15) is 0 Å². The van der Waals surface area contributed by atoms with E-state index in [1.54, 1.807) is 0 Å². The van der Waals surface area contributed by atoms with Gasteiger partial charge < -0.3 is 10.1 Å². The van der Waals surface area contributed by atoms with E-state index in [0.717, 1.165) is 36.6 Å². The van der Waals surface area contributed by atoms with Gasteiger partial charge in [-0.25, -0.2) is 4.79 Å². The highest BCUT2D eigenvalue weighted by Gasteiger charge is 2.19. The number of hydrogen-bond acceptors (Lipinski definition) is 5. The summed E-state index contributed by atoms with van der Waals surface area (Å²) in [5.74, 6) is -2.11. The molecule has 0 aliphatic heterocycles. The van der Waals surface area contributed by atoms with Gasteiger partial charge in [-0.1, -0.05) is 31.0 Å². The highest BCUT2D eigenvalue weighted by molar-refractivity contribution is 7.22. The van der Waals surface area contributed by atoms with Crippen LogP contribution < -0.4 is 10.7 Å². The molecule has 1 aromatic carbocycles. The largest absolute Gasteiger partial charge is 0.462 e. The van der Waals surface area contributed by atoms with Gasteiger partial charge in [0.25, 0.3) is 0 Å². The van der Waals surface area contributed by atoms with Gasteiger partial charge in [0.2, 0.25) is 5.43 Å². The molecule has 0 radical (unpaired) electrons. The first-order chi connectivity index (χ1) is 11.0. The third-order valence-electron chi connectivity index (χ3n) is 3.34. The Labute approximate surface area is 142 Å². The number of hydrogen-bond donors (Lipinski definition) is 1. The van der Waals surface area contributed by atoms with Gasteiger partial charge in [-0.15, -0.1) is 11.3 Å². The van der Waals surface area contributed by atoms with Gasteiger partial charge >= 0.3 is 11.9 Å². The Hall–Kier alpha value is -1.92. The number of amides is 1. The third-order valence-corrected chi connectivity index (χ3v) is 4.72. The maximum atomic E-state index is 12.6. The summed E-state index contributed by atoms with van der Waals surface area (Å²) in [7, 11) is 1.09. The fourth-order valence-electron chi connectivity index (χ4n) is 2.11. The number of carbonyl (C=O) groups is 2. The molecule has 0 fully saturated rings. The maximum absolute atomic E-state index is 12.6. The number of anilines is 1. The lowest BCUT2D eigenvalue weighted by atomic mass is 10.1. The molecule has 0 saturated carbocycles. The molecular formula is C16H16ClNO4S. The van der Waals surface area contributed by atoms with Crippen molar-refractivity contribution in [2.75, 3.05) is 12.4 Å². The van der Waals surface area contributed by atoms with Crippen LogP contribution in [0, 0.1) is 0 Å². The normalized spacial score (nSPS) is 10.6. The quantitative estimate of drug-likeness (QED) is 0.675. The number of esters is 1. The van der Waals surface area contributed by atoms with Crippen LogP contribution in [0.4, 0.5) is 5.69 Å². The summed E-state index contributed by atoms with van der Waals surface area (Å²) in [5.41, 5.74) is 0.558. The highest BCUT2D eigenvalue weighted by Crippen LogP contribution is 2.30. The van der Waals surface area contributed by atoms with Gasteiger partial charge in [0.1, 0.15) is 10.0 Å². The number of rotatable bonds is 4. The van der Waals surface area contributed by atoms with Crippen molar-refractivity contribution in [1.82, 2.24) is 0 Å². The Morgan fingerprint density at radius 2 is 2.09 bits per heavy atom. The Kier molecular flexibility index (Phi) is 5.74. The molecule has 0 spiro atoms. The Morgan fingerprint density at radius 3 is 2.74 bits per heavy atom. The highest BCUT2D eigenvalue weighted by atomic mass is 35.5. The van der Waals surface area contributed by atoms with Crippen LogP contribution >= 0.6 is 22.9 Å². The number of carbonyl (C=O) groups excluding carboxylic acids is 2. The number of halogens is 1. The lowest BCUT2D eigenvalue weighted by molar-refractivity contribution is -0.150. The molecule has 1 N–H and O–H groups in total. The van der Waals surface area contributed by atoms with Crippen LogP contribution in [0.2, 0.25) is 4.34 Å². The third kappa shape index (κ3) is 3.89. The molecule has 0 saturated heterocycles. The van der Waals surface area contributed by atoms with Crippen molar-refractivity contribution in [3.63, 3.8) is 0 Å². The van der Waals surface area contributed by atoms with Gasteiger partial charge in [0.15, 0.2) is 0 Å². The maximum Gasteiger partial charge on any atom is 0.396 e. The van der Waals surface area contributed by atoms with Crippen molar-refractivity contribution < 1.29 is 14.3 Å². The summed E-state index contributed by atoms with van der Waals surface area (Å²) in [6.07, 6.45) is 2.97. The molecule has 0 aliphatic carbocycles. The molecule has 2 rings (SSSR count). The minimum Gasteiger partial charge on any atom is -0.462 e. The van der Waals surface area contributed by atoms with Gasteiger partial charge in [0.05, 0.1) is 7.11 Å². The number of methoxy groups -OCH3 is 1. The van der Waals surface area contributed by atoms with Gasteiger partial charge in [-0.3, -0.25) is 9.59 Å². The molecule has 7 heteroatoms. The number of fused-ring (bicyclic) bond motifs is 1.